The SMILES string of the molecule is FC(F)(F)c1ccc(-c2ccc3c(c2)OCCC3)cc1. The standard InChI is InChI=1S/C16H13F3O/c17-16(18,19)14-7-5-11(6-8-14)13-4-3-12-2-1-9-20-15(12)10-13/h3-8,10H,1-2,9H2. The van der Waals surface area contributed by atoms with E-state index in [2.05, 4.69) is 0 Å². The van der Waals surface area contributed by atoms with Crippen molar-refractivity contribution in [2.24, 2.45) is 0 Å². The maximum atomic E-state index is 12.5. The van der Waals surface area contributed by atoms with Crippen molar-refractivity contribution < 1.29 is 17.9 Å². The van der Waals surface area contributed by atoms with Gasteiger partial charge in [0.15, 0.2) is 0 Å². The van der Waals surface area contributed by atoms with Crippen LogP contribution in [0.2, 0.25) is 0 Å². The molecule has 4 heteroatoms. The van der Waals surface area contributed by atoms with Crippen molar-refractivity contribution in [2.45, 2.75) is 19.0 Å². The van der Waals surface area contributed by atoms with Gasteiger partial charge >= 0.3 is 6.18 Å². The first kappa shape index (κ1) is 13.0. The van der Waals surface area contributed by atoms with E-state index in [0.29, 0.717) is 6.61 Å². The summed E-state index contributed by atoms with van der Waals surface area (Å²) in [5.74, 6) is 0.841. The number of benzene rings is 2. The molecule has 0 amide bonds. The van der Waals surface area contributed by atoms with Gasteiger partial charge in [-0.1, -0.05) is 24.3 Å². The number of alkyl halides is 3. The zero-order valence-corrected chi connectivity index (χ0v) is 10.7. The number of hydrogen-bond acceptors (Lipinski definition) is 1. The topological polar surface area (TPSA) is 9.23 Å². The molecule has 104 valence electrons. The second kappa shape index (κ2) is 4.85. The van der Waals surface area contributed by atoms with Crippen LogP contribution in [-0.4, -0.2) is 6.61 Å². The number of aryl methyl sites for hydroxylation is 1. The maximum absolute atomic E-state index is 12.5. The Balaban J connectivity index is 1.93. The van der Waals surface area contributed by atoms with Gasteiger partial charge in [0, 0.05) is 0 Å². The molecule has 1 aliphatic rings. The Hall–Kier alpha value is -1.97. The van der Waals surface area contributed by atoms with Crippen LogP contribution >= 0.6 is 0 Å². The fourth-order valence-electron chi connectivity index (χ4n) is 2.37. The minimum Gasteiger partial charge on any atom is -0.493 e. The molecule has 0 aliphatic carbocycles. The smallest absolute Gasteiger partial charge is 0.416 e. The molecule has 0 spiro atoms. The lowest BCUT2D eigenvalue weighted by atomic mass is 9.99. The van der Waals surface area contributed by atoms with Gasteiger partial charge in [0.25, 0.3) is 0 Å². The zero-order chi connectivity index (χ0) is 14.2. The Kier molecular flexibility index (Phi) is 3.16. The summed E-state index contributed by atoms with van der Waals surface area (Å²) in [5, 5.41) is 0. The predicted octanol–water partition coefficient (Wildman–Crippen LogP) is 4.70. The normalized spacial score (nSPS) is 14.6. The summed E-state index contributed by atoms with van der Waals surface area (Å²) in [6.45, 7) is 0.698. The Morgan fingerprint density at radius 3 is 2.30 bits per heavy atom. The number of halogens is 3. The molecule has 0 fully saturated rings. The second-order valence-corrected chi connectivity index (χ2v) is 4.85. The Labute approximate surface area is 115 Å². The van der Waals surface area contributed by atoms with Crippen LogP contribution in [0.15, 0.2) is 42.5 Å². The molecule has 0 unspecified atom stereocenters. The lowest BCUT2D eigenvalue weighted by Gasteiger charge is -2.18. The van der Waals surface area contributed by atoms with Gasteiger partial charge in [0.1, 0.15) is 5.75 Å². The molecule has 0 saturated carbocycles. The molecule has 1 nitrogen and oxygen atoms in total. The monoisotopic (exact) mass is 278 g/mol. The first-order valence-corrected chi connectivity index (χ1v) is 6.47. The molecule has 0 aromatic heterocycles. The van der Waals surface area contributed by atoms with E-state index in [9.17, 15) is 13.2 Å². The zero-order valence-electron chi connectivity index (χ0n) is 10.7. The largest absolute Gasteiger partial charge is 0.493 e. The molecular formula is C16H13F3O. The van der Waals surface area contributed by atoms with Gasteiger partial charge in [-0.2, -0.15) is 13.2 Å². The molecule has 2 aromatic rings. The van der Waals surface area contributed by atoms with Gasteiger partial charge in [-0.25, -0.2) is 0 Å². The van der Waals surface area contributed by atoms with E-state index in [1.54, 1.807) is 0 Å². The fourth-order valence-corrected chi connectivity index (χ4v) is 2.37. The van der Waals surface area contributed by atoms with Crippen LogP contribution in [0.1, 0.15) is 17.5 Å². The van der Waals surface area contributed by atoms with E-state index in [4.69, 9.17) is 4.74 Å². The van der Waals surface area contributed by atoms with Crippen LogP contribution in [0.4, 0.5) is 13.2 Å². The number of rotatable bonds is 1. The lowest BCUT2D eigenvalue weighted by Crippen LogP contribution is -2.08. The molecule has 0 N–H and O–H groups in total. The van der Waals surface area contributed by atoms with Crippen molar-refractivity contribution >= 4 is 0 Å². The molecule has 2 aromatic carbocycles. The summed E-state index contributed by atoms with van der Waals surface area (Å²) in [5.41, 5.74) is 2.16. The van der Waals surface area contributed by atoms with Crippen LogP contribution in [0.5, 0.6) is 5.75 Å². The Morgan fingerprint density at radius 1 is 0.900 bits per heavy atom. The summed E-state index contributed by atoms with van der Waals surface area (Å²) < 4.78 is 43.2. The molecule has 1 aliphatic heterocycles. The highest BCUT2D eigenvalue weighted by Gasteiger charge is 2.29. The maximum Gasteiger partial charge on any atom is 0.416 e. The highest BCUT2D eigenvalue weighted by Crippen LogP contribution is 2.33. The Morgan fingerprint density at radius 2 is 1.60 bits per heavy atom. The molecule has 1 heterocycles. The molecule has 0 saturated heterocycles. The van der Waals surface area contributed by atoms with Crippen LogP contribution in [0, 0.1) is 0 Å². The van der Waals surface area contributed by atoms with Crippen molar-refractivity contribution in [1.29, 1.82) is 0 Å². The predicted molar refractivity (Wildman–Crippen MR) is 70.7 cm³/mol. The van der Waals surface area contributed by atoms with Crippen molar-refractivity contribution in [1.82, 2.24) is 0 Å². The minimum absolute atomic E-state index is 0.629. The van der Waals surface area contributed by atoms with E-state index in [1.165, 1.54) is 12.1 Å². The van der Waals surface area contributed by atoms with Crippen molar-refractivity contribution in [3.8, 4) is 16.9 Å². The first-order chi connectivity index (χ1) is 9.54. The third-order valence-corrected chi connectivity index (χ3v) is 3.46. The average molecular weight is 278 g/mol. The molecule has 0 radical (unpaired) electrons. The highest BCUT2D eigenvalue weighted by atomic mass is 19.4. The average Bonchev–Trinajstić information content (AvgIpc) is 2.46. The van der Waals surface area contributed by atoms with Crippen LogP contribution in [-0.2, 0) is 12.6 Å². The molecule has 20 heavy (non-hydrogen) atoms. The first-order valence-electron chi connectivity index (χ1n) is 6.47. The molecule has 3 rings (SSSR count). The van der Waals surface area contributed by atoms with Crippen LogP contribution < -0.4 is 4.74 Å². The third-order valence-electron chi connectivity index (χ3n) is 3.46. The van der Waals surface area contributed by atoms with Gasteiger partial charge in [0.2, 0.25) is 0 Å². The number of fused-ring (bicyclic) bond motifs is 1. The van der Waals surface area contributed by atoms with Gasteiger partial charge in [-0.15, -0.1) is 0 Å². The lowest BCUT2D eigenvalue weighted by molar-refractivity contribution is -0.137. The van der Waals surface area contributed by atoms with Gasteiger partial charge in [-0.3, -0.25) is 0 Å². The van der Waals surface area contributed by atoms with Crippen LogP contribution in [0.3, 0.4) is 0 Å². The van der Waals surface area contributed by atoms with Crippen molar-refractivity contribution in [2.75, 3.05) is 6.61 Å². The summed E-state index contributed by atoms with van der Waals surface area (Å²) in [6, 6.07) is 11.0. The number of hydrogen-bond donors (Lipinski definition) is 0. The number of ether oxygens (including phenoxy) is 1. The van der Waals surface area contributed by atoms with E-state index in [1.807, 2.05) is 18.2 Å². The molecule has 0 atom stereocenters. The van der Waals surface area contributed by atoms with E-state index in [0.717, 1.165) is 47.4 Å². The summed E-state index contributed by atoms with van der Waals surface area (Å²) in [4.78, 5) is 0. The van der Waals surface area contributed by atoms with Gasteiger partial charge < -0.3 is 4.74 Å². The van der Waals surface area contributed by atoms with Gasteiger partial charge in [0.05, 0.1) is 12.2 Å². The summed E-state index contributed by atoms with van der Waals surface area (Å²) in [7, 11) is 0. The van der Waals surface area contributed by atoms with Crippen LogP contribution in [0.25, 0.3) is 11.1 Å². The molecular weight excluding hydrogens is 265 g/mol. The highest BCUT2D eigenvalue weighted by molar-refractivity contribution is 5.66. The van der Waals surface area contributed by atoms with Crippen molar-refractivity contribution in [3.05, 3.63) is 53.6 Å². The third kappa shape index (κ3) is 2.50. The summed E-state index contributed by atoms with van der Waals surface area (Å²) in [6.07, 6.45) is -2.30. The van der Waals surface area contributed by atoms with Gasteiger partial charge in [-0.05, 0) is 47.7 Å². The summed E-state index contributed by atoms with van der Waals surface area (Å²) >= 11 is 0. The fraction of sp³-hybridized carbons (Fsp3) is 0.250. The van der Waals surface area contributed by atoms with E-state index < -0.39 is 11.7 Å². The Bertz CT molecular complexity index is 615. The van der Waals surface area contributed by atoms with E-state index >= 15 is 0 Å². The molecule has 0 bridgehead atoms. The van der Waals surface area contributed by atoms with E-state index in [-0.39, 0.29) is 0 Å². The van der Waals surface area contributed by atoms with Crippen molar-refractivity contribution in [3.63, 3.8) is 0 Å². The second-order valence-electron chi connectivity index (χ2n) is 4.85. The quantitative estimate of drug-likeness (QED) is 0.734. The minimum atomic E-state index is -4.29.